The minimum absolute atomic E-state index is 0.154. The molecule has 0 fully saturated rings. The van der Waals surface area contributed by atoms with Crippen molar-refractivity contribution in [1.82, 2.24) is 4.90 Å². The molecule has 0 saturated heterocycles. The molecule has 5 nitrogen and oxygen atoms in total. The number of rotatable bonds is 6. The Hall–Kier alpha value is -1.06. The summed E-state index contributed by atoms with van der Waals surface area (Å²) in [6.45, 7) is 3.32. The summed E-state index contributed by atoms with van der Waals surface area (Å²) < 4.78 is 0. The normalized spacial score (nSPS) is 9.58. The minimum atomic E-state index is 0.154. The number of carbonyl (C=O) groups is 1. The molecular formula is C7H14N4O. The van der Waals surface area contributed by atoms with E-state index in [1.807, 2.05) is 11.9 Å². The summed E-state index contributed by atoms with van der Waals surface area (Å²) in [6, 6.07) is 0. The second-order valence-corrected chi connectivity index (χ2v) is 2.75. The Morgan fingerprint density at radius 1 is 1.67 bits per heavy atom. The maximum atomic E-state index is 10.6. The SMILES string of the molecule is CC(=O)CN(C)CCCN=[N+]=[N-]. The third-order valence-corrected chi connectivity index (χ3v) is 1.35. The number of Topliss-reactive ketones (excluding diaryl/α,β-unsaturated/α-hetero) is 1. The molecule has 0 aromatic rings. The topological polar surface area (TPSA) is 69.1 Å². The lowest BCUT2D eigenvalue weighted by Crippen LogP contribution is -2.25. The second-order valence-electron chi connectivity index (χ2n) is 2.75. The number of hydrogen-bond donors (Lipinski definition) is 0. The quantitative estimate of drug-likeness (QED) is 0.260. The molecule has 0 amide bonds. The van der Waals surface area contributed by atoms with Crippen molar-refractivity contribution in [2.24, 2.45) is 5.11 Å². The summed E-state index contributed by atoms with van der Waals surface area (Å²) in [5, 5.41) is 3.39. The van der Waals surface area contributed by atoms with E-state index >= 15 is 0 Å². The molecule has 0 N–H and O–H groups in total. The first-order valence-corrected chi connectivity index (χ1v) is 3.85. The van der Waals surface area contributed by atoms with Gasteiger partial charge in [0.25, 0.3) is 0 Å². The molecule has 0 radical (unpaired) electrons. The van der Waals surface area contributed by atoms with Crippen LogP contribution in [0.15, 0.2) is 5.11 Å². The van der Waals surface area contributed by atoms with E-state index in [4.69, 9.17) is 5.53 Å². The first-order chi connectivity index (χ1) is 5.66. The van der Waals surface area contributed by atoms with Crippen LogP contribution < -0.4 is 0 Å². The zero-order valence-electron chi connectivity index (χ0n) is 7.53. The van der Waals surface area contributed by atoms with Crippen molar-refractivity contribution in [3.8, 4) is 0 Å². The lowest BCUT2D eigenvalue weighted by molar-refractivity contribution is -0.117. The first kappa shape index (κ1) is 10.9. The lowest BCUT2D eigenvalue weighted by atomic mass is 10.3. The van der Waals surface area contributed by atoms with Gasteiger partial charge in [-0.25, -0.2) is 0 Å². The lowest BCUT2D eigenvalue weighted by Gasteiger charge is -2.12. The number of azide groups is 1. The maximum absolute atomic E-state index is 10.6. The first-order valence-electron chi connectivity index (χ1n) is 3.85. The van der Waals surface area contributed by atoms with Gasteiger partial charge < -0.3 is 0 Å². The van der Waals surface area contributed by atoms with E-state index in [0.29, 0.717) is 13.1 Å². The number of likely N-dealkylation sites (N-methyl/N-ethyl adjacent to an activating group) is 1. The highest BCUT2D eigenvalue weighted by Crippen LogP contribution is 1.88. The van der Waals surface area contributed by atoms with Crippen molar-refractivity contribution >= 4 is 5.78 Å². The van der Waals surface area contributed by atoms with Crippen molar-refractivity contribution < 1.29 is 4.79 Å². The molecule has 0 saturated carbocycles. The largest absolute Gasteiger partial charge is 0.299 e. The molecule has 0 unspecified atom stereocenters. The van der Waals surface area contributed by atoms with Gasteiger partial charge in [-0.15, -0.1) is 0 Å². The van der Waals surface area contributed by atoms with Crippen molar-refractivity contribution in [3.63, 3.8) is 0 Å². The summed E-state index contributed by atoms with van der Waals surface area (Å²) in [7, 11) is 1.87. The van der Waals surface area contributed by atoms with Crippen LogP contribution in [0.3, 0.4) is 0 Å². The molecule has 68 valence electrons. The van der Waals surface area contributed by atoms with Crippen LogP contribution in [-0.2, 0) is 4.79 Å². The monoisotopic (exact) mass is 170 g/mol. The summed E-state index contributed by atoms with van der Waals surface area (Å²) >= 11 is 0. The van der Waals surface area contributed by atoms with Crippen molar-refractivity contribution in [2.75, 3.05) is 26.7 Å². The molecule has 0 heterocycles. The Kier molecular flexibility index (Phi) is 6.05. The molecule has 0 bridgehead atoms. The van der Waals surface area contributed by atoms with Crippen LogP contribution in [0.25, 0.3) is 10.4 Å². The number of ketones is 1. The number of carbonyl (C=O) groups excluding carboxylic acids is 1. The minimum Gasteiger partial charge on any atom is -0.299 e. The van der Waals surface area contributed by atoms with Gasteiger partial charge in [-0.05, 0) is 32.5 Å². The smallest absolute Gasteiger partial charge is 0.143 e. The Morgan fingerprint density at radius 3 is 2.83 bits per heavy atom. The Balaban J connectivity index is 3.36. The summed E-state index contributed by atoms with van der Waals surface area (Å²) in [5.74, 6) is 0.154. The fourth-order valence-electron chi connectivity index (χ4n) is 0.915. The third-order valence-electron chi connectivity index (χ3n) is 1.35. The standard InChI is InChI=1S/C7H14N4O/c1-7(12)6-11(2)5-3-4-9-10-8/h3-6H2,1-2H3. The molecular weight excluding hydrogens is 156 g/mol. The van der Waals surface area contributed by atoms with Gasteiger partial charge >= 0.3 is 0 Å². The van der Waals surface area contributed by atoms with Crippen molar-refractivity contribution in [2.45, 2.75) is 13.3 Å². The van der Waals surface area contributed by atoms with Gasteiger partial charge in [0, 0.05) is 11.5 Å². The van der Waals surface area contributed by atoms with Crippen LogP contribution in [0.4, 0.5) is 0 Å². The van der Waals surface area contributed by atoms with Gasteiger partial charge in [-0.3, -0.25) is 9.69 Å². The fraction of sp³-hybridized carbons (Fsp3) is 0.857. The predicted molar refractivity (Wildman–Crippen MR) is 46.8 cm³/mol. The van der Waals surface area contributed by atoms with E-state index in [1.165, 1.54) is 0 Å². The molecule has 0 aliphatic rings. The maximum Gasteiger partial charge on any atom is 0.143 e. The van der Waals surface area contributed by atoms with Crippen LogP contribution in [-0.4, -0.2) is 37.4 Å². The second kappa shape index (κ2) is 6.64. The van der Waals surface area contributed by atoms with Crippen LogP contribution >= 0.6 is 0 Å². The molecule has 0 aliphatic carbocycles. The fourth-order valence-corrected chi connectivity index (χ4v) is 0.915. The summed E-state index contributed by atoms with van der Waals surface area (Å²) in [5.41, 5.74) is 7.97. The van der Waals surface area contributed by atoms with Gasteiger partial charge in [0.2, 0.25) is 0 Å². The molecule has 0 rings (SSSR count). The molecule has 5 heteroatoms. The highest BCUT2D eigenvalue weighted by Gasteiger charge is 1.99. The molecule has 12 heavy (non-hydrogen) atoms. The molecule has 0 atom stereocenters. The average molecular weight is 170 g/mol. The zero-order chi connectivity index (χ0) is 9.40. The van der Waals surface area contributed by atoms with Gasteiger partial charge in [0.15, 0.2) is 0 Å². The Labute approximate surface area is 72.0 Å². The Morgan fingerprint density at radius 2 is 2.33 bits per heavy atom. The van der Waals surface area contributed by atoms with Crippen LogP contribution in [0.5, 0.6) is 0 Å². The van der Waals surface area contributed by atoms with Gasteiger partial charge in [0.1, 0.15) is 5.78 Å². The van der Waals surface area contributed by atoms with E-state index in [9.17, 15) is 4.79 Å². The van der Waals surface area contributed by atoms with E-state index in [-0.39, 0.29) is 5.78 Å². The molecule has 0 aromatic carbocycles. The van der Waals surface area contributed by atoms with Gasteiger partial charge in [-0.2, -0.15) is 0 Å². The zero-order valence-corrected chi connectivity index (χ0v) is 7.53. The third kappa shape index (κ3) is 7.05. The number of nitrogens with zero attached hydrogens (tertiary/aromatic N) is 4. The highest BCUT2D eigenvalue weighted by atomic mass is 16.1. The van der Waals surface area contributed by atoms with Crippen LogP contribution in [0.2, 0.25) is 0 Å². The molecule has 0 spiro atoms. The van der Waals surface area contributed by atoms with E-state index in [2.05, 4.69) is 10.0 Å². The molecule has 0 aliphatic heterocycles. The van der Waals surface area contributed by atoms with E-state index in [0.717, 1.165) is 13.0 Å². The van der Waals surface area contributed by atoms with Gasteiger partial charge in [-0.1, -0.05) is 5.11 Å². The van der Waals surface area contributed by atoms with Crippen LogP contribution in [0, 0.1) is 0 Å². The number of hydrogen-bond acceptors (Lipinski definition) is 3. The summed E-state index contributed by atoms with van der Waals surface area (Å²) in [6.07, 6.45) is 0.799. The Bertz CT molecular complexity index is 186. The van der Waals surface area contributed by atoms with Crippen LogP contribution in [0.1, 0.15) is 13.3 Å². The predicted octanol–water partition coefficient (Wildman–Crippen LogP) is 1.21. The highest BCUT2D eigenvalue weighted by molar-refractivity contribution is 5.77. The average Bonchev–Trinajstić information content (AvgIpc) is 1.97. The van der Waals surface area contributed by atoms with Crippen molar-refractivity contribution in [3.05, 3.63) is 10.4 Å². The van der Waals surface area contributed by atoms with Crippen molar-refractivity contribution in [1.29, 1.82) is 0 Å². The van der Waals surface area contributed by atoms with E-state index in [1.54, 1.807) is 6.92 Å². The summed E-state index contributed by atoms with van der Waals surface area (Å²) in [4.78, 5) is 15.2. The van der Waals surface area contributed by atoms with Gasteiger partial charge in [0.05, 0.1) is 6.54 Å². The molecule has 0 aromatic heterocycles. The van der Waals surface area contributed by atoms with E-state index < -0.39 is 0 Å².